The Morgan fingerprint density at radius 1 is 0.939 bits per heavy atom. The molecule has 1 heterocycles. The van der Waals surface area contributed by atoms with Gasteiger partial charge in [0.25, 0.3) is 5.91 Å². The first-order valence-corrected chi connectivity index (χ1v) is 10.8. The molecular formula is C27H24N2O4. The predicted octanol–water partition coefficient (Wildman–Crippen LogP) is 5.03. The molecule has 0 fully saturated rings. The minimum atomic E-state index is -0.621. The SMILES string of the molecule is CCOC(=O)CC(NC(=O)c1c(O)c(-c2ccccc2)nc2ccccc12)c1ccccc1. The zero-order chi connectivity index (χ0) is 23.2. The predicted molar refractivity (Wildman–Crippen MR) is 127 cm³/mol. The Balaban J connectivity index is 1.77. The second kappa shape index (κ2) is 9.96. The number of esters is 1. The van der Waals surface area contributed by atoms with Crippen LogP contribution in [-0.2, 0) is 9.53 Å². The third-order valence-electron chi connectivity index (χ3n) is 5.32. The molecule has 1 atom stereocenters. The largest absolute Gasteiger partial charge is 0.505 e. The quantitative estimate of drug-likeness (QED) is 0.394. The topological polar surface area (TPSA) is 88.5 Å². The number of fused-ring (bicyclic) bond motifs is 1. The molecule has 0 bridgehead atoms. The second-order valence-corrected chi connectivity index (χ2v) is 7.51. The molecule has 2 N–H and O–H groups in total. The van der Waals surface area contributed by atoms with Crippen LogP contribution in [0.5, 0.6) is 5.75 Å². The Bertz CT molecular complexity index is 1270. The van der Waals surface area contributed by atoms with Crippen molar-refractivity contribution < 1.29 is 19.4 Å². The lowest BCUT2D eigenvalue weighted by Gasteiger charge is -2.20. The smallest absolute Gasteiger partial charge is 0.308 e. The molecule has 1 aromatic heterocycles. The van der Waals surface area contributed by atoms with Gasteiger partial charge in [0.1, 0.15) is 5.69 Å². The summed E-state index contributed by atoms with van der Waals surface area (Å²) in [7, 11) is 0. The average molecular weight is 440 g/mol. The van der Waals surface area contributed by atoms with Crippen LogP contribution in [0.25, 0.3) is 22.2 Å². The minimum Gasteiger partial charge on any atom is -0.505 e. The van der Waals surface area contributed by atoms with Crippen LogP contribution >= 0.6 is 0 Å². The van der Waals surface area contributed by atoms with Crippen molar-refractivity contribution >= 4 is 22.8 Å². The molecule has 0 saturated carbocycles. The first kappa shape index (κ1) is 22.0. The van der Waals surface area contributed by atoms with Crippen molar-refractivity contribution in [1.29, 1.82) is 0 Å². The number of hydrogen-bond donors (Lipinski definition) is 2. The molecule has 0 radical (unpaired) electrons. The lowest BCUT2D eigenvalue weighted by molar-refractivity contribution is -0.143. The Kier molecular flexibility index (Phi) is 6.64. The maximum absolute atomic E-state index is 13.5. The fourth-order valence-electron chi connectivity index (χ4n) is 3.78. The summed E-state index contributed by atoms with van der Waals surface area (Å²) >= 11 is 0. The number of benzene rings is 3. The van der Waals surface area contributed by atoms with Gasteiger partial charge in [-0.1, -0.05) is 78.9 Å². The molecule has 6 nitrogen and oxygen atoms in total. The number of aromatic nitrogens is 1. The number of carbonyl (C=O) groups excluding carboxylic acids is 2. The van der Waals surface area contributed by atoms with Gasteiger partial charge in [-0.3, -0.25) is 9.59 Å². The molecule has 1 amide bonds. The summed E-state index contributed by atoms with van der Waals surface area (Å²) in [5.41, 5.74) is 2.48. The van der Waals surface area contributed by atoms with E-state index in [4.69, 9.17) is 4.74 Å². The molecule has 6 heteroatoms. The van der Waals surface area contributed by atoms with E-state index in [1.165, 1.54) is 0 Å². The van der Waals surface area contributed by atoms with E-state index in [1.807, 2.05) is 66.7 Å². The van der Waals surface area contributed by atoms with Crippen molar-refractivity contribution in [3.05, 3.63) is 96.1 Å². The first-order valence-electron chi connectivity index (χ1n) is 10.8. The maximum Gasteiger partial charge on any atom is 0.308 e. The van der Waals surface area contributed by atoms with Crippen LogP contribution in [0.4, 0.5) is 0 Å². The number of para-hydroxylation sites is 1. The molecule has 0 saturated heterocycles. The maximum atomic E-state index is 13.5. The van der Waals surface area contributed by atoms with Gasteiger partial charge in [-0.05, 0) is 18.6 Å². The molecule has 0 aliphatic heterocycles. The van der Waals surface area contributed by atoms with Crippen molar-refractivity contribution in [3.8, 4) is 17.0 Å². The normalized spacial score (nSPS) is 11.7. The number of pyridine rings is 1. The number of nitrogens with one attached hydrogen (secondary N) is 1. The van der Waals surface area contributed by atoms with Gasteiger partial charge in [0.05, 0.1) is 30.1 Å². The fraction of sp³-hybridized carbons (Fsp3) is 0.148. The first-order chi connectivity index (χ1) is 16.1. The summed E-state index contributed by atoms with van der Waals surface area (Å²) in [6.07, 6.45) is -0.0289. The summed E-state index contributed by atoms with van der Waals surface area (Å²) in [4.78, 5) is 30.4. The van der Waals surface area contributed by atoms with E-state index in [0.29, 0.717) is 22.2 Å². The van der Waals surface area contributed by atoms with Gasteiger partial charge in [-0.2, -0.15) is 0 Å². The summed E-state index contributed by atoms with van der Waals surface area (Å²) in [6.45, 7) is 1.99. The van der Waals surface area contributed by atoms with Crippen LogP contribution in [0, 0.1) is 0 Å². The minimum absolute atomic E-state index is 0.0289. The molecular weight excluding hydrogens is 416 g/mol. The van der Waals surface area contributed by atoms with Crippen LogP contribution in [0.1, 0.15) is 35.3 Å². The molecule has 1 unspecified atom stereocenters. The van der Waals surface area contributed by atoms with Crippen LogP contribution < -0.4 is 5.32 Å². The van der Waals surface area contributed by atoms with Crippen molar-refractivity contribution in [1.82, 2.24) is 10.3 Å². The highest BCUT2D eigenvalue weighted by atomic mass is 16.5. The van der Waals surface area contributed by atoms with E-state index in [2.05, 4.69) is 10.3 Å². The highest BCUT2D eigenvalue weighted by Crippen LogP contribution is 2.35. The fourth-order valence-corrected chi connectivity index (χ4v) is 3.78. The molecule has 166 valence electrons. The third kappa shape index (κ3) is 4.85. The standard InChI is InChI=1S/C27H24N2O4/c1-2-33-23(30)17-22(18-11-5-3-6-12-18)29-27(32)24-20-15-9-10-16-21(20)28-25(26(24)31)19-13-7-4-8-14-19/h3-16,22,31H,2,17H2,1H3,(H,29,32). The van der Waals surface area contributed by atoms with Gasteiger partial charge in [0.2, 0.25) is 0 Å². The van der Waals surface area contributed by atoms with E-state index in [0.717, 1.165) is 5.56 Å². The molecule has 4 aromatic rings. The Labute approximate surface area is 191 Å². The van der Waals surface area contributed by atoms with Crippen molar-refractivity contribution in [2.24, 2.45) is 0 Å². The van der Waals surface area contributed by atoms with E-state index in [9.17, 15) is 14.7 Å². The molecule has 0 aliphatic rings. The van der Waals surface area contributed by atoms with Crippen LogP contribution in [0.2, 0.25) is 0 Å². The number of nitrogens with zero attached hydrogens (tertiary/aromatic N) is 1. The Morgan fingerprint density at radius 2 is 1.58 bits per heavy atom. The zero-order valence-corrected chi connectivity index (χ0v) is 18.2. The number of hydrogen-bond acceptors (Lipinski definition) is 5. The number of amides is 1. The number of aromatic hydroxyl groups is 1. The van der Waals surface area contributed by atoms with E-state index < -0.39 is 17.9 Å². The van der Waals surface area contributed by atoms with Crippen molar-refractivity contribution in [2.75, 3.05) is 6.61 Å². The monoisotopic (exact) mass is 440 g/mol. The zero-order valence-electron chi connectivity index (χ0n) is 18.2. The highest BCUT2D eigenvalue weighted by Gasteiger charge is 2.25. The van der Waals surface area contributed by atoms with Crippen LogP contribution in [-0.4, -0.2) is 28.6 Å². The van der Waals surface area contributed by atoms with Gasteiger partial charge in [0, 0.05) is 10.9 Å². The van der Waals surface area contributed by atoms with Gasteiger partial charge in [0.15, 0.2) is 5.75 Å². The lowest BCUT2D eigenvalue weighted by Crippen LogP contribution is -2.31. The summed E-state index contributed by atoms with van der Waals surface area (Å²) < 4.78 is 5.10. The Hall–Kier alpha value is -4.19. The average Bonchev–Trinajstić information content (AvgIpc) is 2.84. The highest BCUT2D eigenvalue weighted by molar-refractivity contribution is 6.10. The summed E-state index contributed by atoms with van der Waals surface area (Å²) in [6, 6.07) is 25.0. The Morgan fingerprint density at radius 3 is 2.27 bits per heavy atom. The third-order valence-corrected chi connectivity index (χ3v) is 5.32. The molecule has 4 rings (SSSR count). The summed E-state index contributed by atoms with van der Waals surface area (Å²) in [5.74, 6) is -1.12. The van der Waals surface area contributed by atoms with Crippen molar-refractivity contribution in [2.45, 2.75) is 19.4 Å². The number of ether oxygens (including phenoxy) is 1. The van der Waals surface area contributed by atoms with Gasteiger partial charge in [-0.15, -0.1) is 0 Å². The van der Waals surface area contributed by atoms with E-state index in [-0.39, 0.29) is 24.3 Å². The molecule has 0 spiro atoms. The second-order valence-electron chi connectivity index (χ2n) is 7.51. The number of rotatable bonds is 7. The lowest BCUT2D eigenvalue weighted by atomic mass is 9.99. The number of carbonyl (C=O) groups is 2. The van der Waals surface area contributed by atoms with Gasteiger partial charge < -0.3 is 15.2 Å². The van der Waals surface area contributed by atoms with Crippen LogP contribution in [0.15, 0.2) is 84.9 Å². The molecule has 33 heavy (non-hydrogen) atoms. The van der Waals surface area contributed by atoms with Gasteiger partial charge in [-0.25, -0.2) is 4.98 Å². The summed E-state index contributed by atoms with van der Waals surface area (Å²) in [5, 5.41) is 14.6. The molecule has 3 aromatic carbocycles. The van der Waals surface area contributed by atoms with Gasteiger partial charge >= 0.3 is 5.97 Å². The van der Waals surface area contributed by atoms with E-state index in [1.54, 1.807) is 25.1 Å². The van der Waals surface area contributed by atoms with Crippen molar-refractivity contribution in [3.63, 3.8) is 0 Å². The van der Waals surface area contributed by atoms with E-state index >= 15 is 0 Å². The molecule has 0 aliphatic carbocycles. The van der Waals surface area contributed by atoms with Crippen LogP contribution in [0.3, 0.4) is 0 Å².